The van der Waals surface area contributed by atoms with Crippen LogP contribution in [0.5, 0.6) is 5.75 Å². The number of fused-ring (bicyclic) bond motifs is 1. The summed E-state index contributed by atoms with van der Waals surface area (Å²) >= 11 is 1.02. The predicted octanol–water partition coefficient (Wildman–Crippen LogP) is 4.72. The van der Waals surface area contributed by atoms with Crippen molar-refractivity contribution in [3.63, 3.8) is 0 Å². The highest BCUT2D eigenvalue weighted by molar-refractivity contribution is 7.91. The first kappa shape index (κ1) is 30.0. The third kappa shape index (κ3) is 5.15. The summed E-state index contributed by atoms with van der Waals surface area (Å²) in [6, 6.07) is 3.97. The van der Waals surface area contributed by atoms with Crippen LogP contribution in [0.4, 0.5) is 9.39 Å². The first-order valence-corrected chi connectivity index (χ1v) is 15.8. The monoisotopic (exact) mass is 620 g/mol. The second kappa shape index (κ2) is 11.3. The molecule has 0 saturated heterocycles. The molecule has 0 unspecified atom stereocenters. The van der Waals surface area contributed by atoms with E-state index in [-0.39, 0.29) is 29.1 Å². The zero-order valence-corrected chi connectivity index (χ0v) is 25.4. The van der Waals surface area contributed by atoms with E-state index in [2.05, 4.69) is 4.98 Å². The fourth-order valence-corrected chi connectivity index (χ4v) is 8.79. The number of anilines is 1. The summed E-state index contributed by atoms with van der Waals surface area (Å²) in [5.41, 5.74) is 4.52. The third-order valence-corrected chi connectivity index (χ3v) is 11.2. The quantitative estimate of drug-likeness (QED) is 0.362. The Morgan fingerprint density at radius 2 is 2.00 bits per heavy atom. The first-order valence-electron chi connectivity index (χ1n) is 13.6. The Labute approximate surface area is 247 Å². The Bertz CT molecular complexity index is 1600. The van der Waals surface area contributed by atoms with Gasteiger partial charge in [0.05, 0.1) is 36.4 Å². The number of primary amides is 1. The van der Waals surface area contributed by atoms with Gasteiger partial charge in [0.25, 0.3) is 5.91 Å². The number of benzene rings is 1. The molecule has 1 aromatic carbocycles. The van der Waals surface area contributed by atoms with E-state index in [4.69, 9.17) is 19.6 Å². The van der Waals surface area contributed by atoms with Crippen molar-refractivity contribution in [2.45, 2.75) is 70.6 Å². The van der Waals surface area contributed by atoms with Crippen LogP contribution in [0.15, 0.2) is 35.1 Å². The van der Waals surface area contributed by atoms with Crippen LogP contribution in [-0.4, -0.2) is 54.8 Å². The van der Waals surface area contributed by atoms with E-state index in [9.17, 15) is 22.4 Å². The van der Waals surface area contributed by atoms with Crippen molar-refractivity contribution >= 4 is 38.4 Å². The summed E-state index contributed by atoms with van der Waals surface area (Å²) in [6.07, 6.45) is 6.11. The fourth-order valence-electron chi connectivity index (χ4n) is 5.45. The molecular formula is C28H33FN4O7S2. The zero-order chi connectivity index (χ0) is 30.4. The van der Waals surface area contributed by atoms with Crippen LogP contribution in [0.1, 0.15) is 73.5 Å². The molecule has 0 radical (unpaired) electrons. The molecule has 2 N–H and O–H groups in total. The summed E-state index contributed by atoms with van der Waals surface area (Å²) in [5.74, 6) is -1.93. The molecule has 14 heteroatoms. The highest BCUT2D eigenvalue weighted by Gasteiger charge is 2.53. The number of rotatable bonds is 9. The van der Waals surface area contributed by atoms with Crippen molar-refractivity contribution in [1.82, 2.24) is 9.29 Å². The molecule has 226 valence electrons. The van der Waals surface area contributed by atoms with Crippen molar-refractivity contribution < 1.29 is 36.3 Å². The number of methoxy groups -OCH3 is 1. The van der Waals surface area contributed by atoms with Crippen LogP contribution >= 0.6 is 11.3 Å². The second-order valence-corrected chi connectivity index (χ2v) is 13.6. The lowest BCUT2D eigenvalue weighted by atomic mass is 9.97. The van der Waals surface area contributed by atoms with Gasteiger partial charge >= 0.3 is 10.2 Å². The van der Waals surface area contributed by atoms with E-state index in [0.29, 0.717) is 26.1 Å². The molecule has 1 fully saturated rings. The lowest BCUT2D eigenvalue weighted by Gasteiger charge is -2.43. The Kier molecular flexibility index (Phi) is 8.07. The van der Waals surface area contributed by atoms with Crippen LogP contribution in [0, 0.1) is 12.7 Å². The Hall–Kier alpha value is -3.49. The number of hydrogen-bond donors (Lipinski definition) is 1. The van der Waals surface area contributed by atoms with Crippen LogP contribution in [0.3, 0.4) is 0 Å². The van der Waals surface area contributed by atoms with Crippen molar-refractivity contribution in [2.75, 3.05) is 18.0 Å². The molecule has 2 aliphatic rings. The first-order chi connectivity index (χ1) is 19.9. The van der Waals surface area contributed by atoms with Gasteiger partial charge in [-0.3, -0.25) is 9.59 Å². The van der Waals surface area contributed by atoms with E-state index in [1.807, 2.05) is 0 Å². The average molecular weight is 621 g/mol. The van der Waals surface area contributed by atoms with Crippen molar-refractivity contribution in [3.8, 4) is 16.5 Å². The number of halogens is 1. The van der Waals surface area contributed by atoms with Gasteiger partial charge in [0.2, 0.25) is 11.8 Å². The van der Waals surface area contributed by atoms with Gasteiger partial charge in [-0.05, 0) is 57.4 Å². The van der Waals surface area contributed by atoms with E-state index >= 15 is 0 Å². The minimum atomic E-state index is -4.71. The lowest BCUT2D eigenvalue weighted by Crippen LogP contribution is -2.63. The average Bonchev–Trinajstić information content (AvgIpc) is 3.58. The Morgan fingerprint density at radius 3 is 2.62 bits per heavy atom. The number of nitrogens with two attached hydrogens (primary N) is 1. The Balaban J connectivity index is 1.70. The number of carbonyl (C=O) groups excluding carboxylic acids is 2. The number of hydrogen-bond acceptors (Lipinski definition) is 9. The molecular weight excluding hydrogens is 587 g/mol. The van der Waals surface area contributed by atoms with Crippen molar-refractivity contribution in [1.29, 1.82) is 0 Å². The molecule has 1 saturated carbocycles. The maximum Gasteiger partial charge on any atom is 0.330 e. The SMILES string of the molecule is COc1ccc(F)cc1[C@H](CN1c2sc(-c3ncco3)c(C)c2C(=O)N(C(C)(C)C(N)=O)S1(=O)=O)OC1CCCCC1. The smallest absolute Gasteiger partial charge is 0.330 e. The molecule has 3 aromatic rings. The molecule has 3 heterocycles. The van der Waals surface area contributed by atoms with E-state index in [1.165, 1.54) is 51.6 Å². The number of nitrogens with zero attached hydrogens (tertiary/aromatic N) is 3. The van der Waals surface area contributed by atoms with Crippen LogP contribution in [-0.2, 0) is 19.7 Å². The number of amides is 2. The zero-order valence-electron chi connectivity index (χ0n) is 23.8. The standard InChI is InChI=1S/C28H33FN4O7S2/c1-16-22-25(34)33(28(2,3)27(30)35)42(36,37)32(26(22)41-23(16)24-31-12-13-39-24)15-21(40-18-8-6-5-7-9-18)19-14-17(29)10-11-20(19)38-4/h10-14,18,21H,5-9,15H2,1-4H3,(H2,30,35)/t21-/m0/s1. The molecule has 0 bridgehead atoms. The maximum absolute atomic E-state index is 14.6. The molecule has 2 aromatic heterocycles. The second-order valence-electron chi connectivity index (χ2n) is 10.9. The molecule has 1 atom stereocenters. The van der Waals surface area contributed by atoms with Crippen molar-refractivity contribution in [3.05, 3.63) is 53.2 Å². The van der Waals surface area contributed by atoms with Crippen LogP contribution < -0.4 is 14.8 Å². The summed E-state index contributed by atoms with van der Waals surface area (Å²) in [4.78, 5) is 31.1. The summed E-state index contributed by atoms with van der Waals surface area (Å²) in [6.45, 7) is 3.87. The van der Waals surface area contributed by atoms with Gasteiger partial charge in [-0.15, -0.1) is 11.3 Å². The van der Waals surface area contributed by atoms with Gasteiger partial charge in [-0.25, -0.2) is 18.0 Å². The lowest BCUT2D eigenvalue weighted by molar-refractivity contribution is -0.125. The van der Waals surface area contributed by atoms with Gasteiger partial charge in [0.15, 0.2) is 0 Å². The fraction of sp³-hybridized carbons (Fsp3) is 0.464. The van der Waals surface area contributed by atoms with Gasteiger partial charge in [0.1, 0.15) is 34.5 Å². The summed E-state index contributed by atoms with van der Waals surface area (Å²) in [5, 5.41) is 0.106. The van der Waals surface area contributed by atoms with Crippen LogP contribution in [0.2, 0.25) is 0 Å². The molecule has 2 amide bonds. The number of oxazole rings is 1. The topological polar surface area (TPSA) is 145 Å². The van der Waals surface area contributed by atoms with E-state index < -0.39 is 39.5 Å². The number of aromatic nitrogens is 1. The molecule has 5 rings (SSSR count). The predicted molar refractivity (Wildman–Crippen MR) is 154 cm³/mol. The van der Waals surface area contributed by atoms with Crippen molar-refractivity contribution in [2.24, 2.45) is 5.73 Å². The molecule has 0 spiro atoms. The van der Waals surface area contributed by atoms with Gasteiger partial charge in [0, 0.05) is 5.56 Å². The van der Waals surface area contributed by atoms with E-state index in [1.54, 1.807) is 6.92 Å². The third-order valence-electron chi connectivity index (χ3n) is 7.78. The minimum absolute atomic E-state index is 0.0694. The molecule has 1 aliphatic heterocycles. The van der Waals surface area contributed by atoms with Gasteiger partial charge in [-0.1, -0.05) is 19.3 Å². The highest BCUT2D eigenvalue weighted by atomic mass is 32.2. The molecule has 1 aliphatic carbocycles. The minimum Gasteiger partial charge on any atom is -0.496 e. The molecule has 42 heavy (non-hydrogen) atoms. The normalized spacial score (nSPS) is 18.2. The van der Waals surface area contributed by atoms with Gasteiger partial charge < -0.3 is 19.6 Å². The number of thiophene rings is 1. The van der Waals surface area contributed by atoms with E-state index in [0.717, 1.165) is 47.7 Å². The maximum atomic E-state index is 14.6. The van der Waals surface area contributed by atoms with Gasteiger partial charge in [-0.2, -0.15) is 8.42 Å². The molecule has 11 nitrogen and oxygen atoms in total. The van der Waals surface area contributed by atoms with Crippen LogP contribution in [0.25, 0.3) is 10.8 Å². The Morgan fingerprint density at radius 1 is 1.29 bits per heavy atom. The highest BCUT2D eigenvalue weighted by Crippen LogP contribution is 2.48. The number of ether oxygens (including phenoxy) is 2. The largest absolute Gasteiger partial charge is 0.496 e. The number of carbonyl (C=O) groups is 2. The summed E-state index contributed by atoms with van der Waals surface area (Å²) < 4.78 is 62.4. The summed E-state index contributed by atoms with van der Waals surface area (Å²) in [7, 11) is -3.28.